The van der Waals surface area contributed by atoms with E-state index in [9.17, 15) is 4.79 Å². The molecule has 0 aliphatic heterocycles. The number of hydrogen-bond donors (Lipinski definition) is 1. The monoisotopic (exact) mass is 276 g/mol. The van der Waals surface area contributed by atoms with Gasteiger partial charge in [0.05, 0.1) is 11.8 Å². The molecule has 0 aliphatic rings. The second-order valence-corrected chi connectivity index (χ2v) is 5.32. The van der Waals surface area contributed by atoms with Crippen LogP contribution in [-0.4, -0.2) is 16.8 Å². The lowest BCUT2D eigenvalue weighted by Gasteiger charge is -2.08. The normalized spacial score (nSPS) is 10.4. The Kier molecular flexibility index (Phi) is 4.63. The zero-order valence-corrected chi connectivity index (χ0v) is 11.8. The Labute approximate surface area is 116 Å². The van der Waals surface area contributed by atoms with Gasteiger partial charge in [0, 0.05) is 17.0 Å². The van der Waals surface area contributed by atoms with Crippen LogP contribution >= 0.6 is 11.8 Å². The Bertz CT molecular complexity index is 566. The molecule has 0 spiro atoms. The SMILES string of the molecule is CCSc1ccccc1C(=O)NCc1cnoc1C. The molecule has 1 aromatic heterocycles. The van der Waals surface area contributed by atoms with Crippen LogP contribution in [0.4, 0.5) is 0 Å². The highest BCUT2D eigenvalue weighted by Crippen LogP contribution is 2.22. The summed E-state index contributed by atoms with van der Waals surface area (Å²) in [6.45, 7) is 4.33. The van der Waals surface area contributed by atoms with Gasteiger partial charge in [0.25, 0.3) is 5.91 Å². The van der Waals surface area contributed by atoms with Gasteiger partial charge >= 0.3 is 0 Å². The number of aryl methyl sites for hydroxylation is 1. The number of aromatic nitrogens is 1. The number of nitrogens with one attached hydrogen (secondary N) is 1. The van der Waals surface area contributed by atoms with Crippen molar-refractivity contribution in [1.29, 1.82) is 0 Å². The van der Waals surface area contributed by atoms with Crippen molar-refractivity contribution in [3.05, 3.63) is 47.3 Å². The van der Waals surface area contributed by atoms with E-state index in [1.807, 2.05) is 31.2 Å². The van der Waals surface area contributed by atoms with Crippen LogP contribution in [0.1, 0.15) is 28.6 Å². The minimum atomic E-state index is -0.0721. The van der Waals surface area contributed by atoms with E-state index >= 15 is 0 Å². The summed E-state index contributed by atoms with van der Waals surface area (Å²) >= 11 is 1.67. The maximum atomic E-state index is 12.2. The lowest BCUT2D eigenvalue weighted by molar-refractivity contribution is 0.0948. The van der Waals surface area contributed by atoms with Gasteiger partial charge < -0.3 is 9.84 Å². The molecule has 2 aromatic rings. The molecule has 4 nitrogen and oxygen atoms in total. The molecule has 19 heavy (non-hydrogen) atoms. The van der Waals surface area contributed by atoms with E-state index in [0.717, 1.165) is 22.0 Å². The van der Waals surface area contributed by atoms with Gasteiger partial charge in [0.15, 0.2) is 0 Å². The second kappa shape index (κ2) is 6.43. The third-order valence-electron chi connectivity index (χ3n) is 2.72. The lowest BCUT2D eigenvalue weighted by atomic mass is 10.2. The van der Waals surface area contributed by atoms with E-state index in [4.69, 9.17) is 4.52 Å². The first-order valence-corrected chi connectivity index (χ1v) is 7.11. The molecule has 0 saturated carbocycles. The molecule has 1 heterocycles. The van der Waals surface area contributed by atoms with Gasteiger partial charge in [-0.2, -0.15) is 0 Å². The number of carbonyl (C=O) groups is 1. The minimum Gasteiger partial charge on any atom is -0.361 e. The number of hydrogen-bond acceptors (Lipinski definition) is 4. The molecule has 0 radical (unpaired) electrons. The fourth-order valence-electron chi connectivity index (χ4n) is 1.69. The molecule has 0 saturated heterocycles. The van der Waals surface area contributed by atoms with Gasteiger partial charge in [0.2, 0.25) is 0 Å². The Morgan fingerprint density at radius 1 is 1.42 bits per heavy atom. The fraction of sp³-hybridized carbons (Fsp3) is 0.286. The van der Waals surface area contributed by atoms with E-state index in [-0.39, 0.29) is 5.91 Å². The topological polar surface area (TPSA) is 55.1 Å². The van der Waals surface area contributed by atoms with Crippen molar-refractivity contribution >= 4 is 17.7 Å². The largest absolute Gasteiger partial charge is 0.361 e. The molecule has 0 fully saturated rings. The summed E-state index contributed by atoms with van der Waals surface area (Å²) in [5.41, 5.74) is 1.61. The predicted molar refractivity (Wildman–Crippen MR) is 75.3 cm³/mol. The summed E-state index contributed by atoms with van der Waals surface area (Å²) in [4.78, 5) is 13.2. The van der Waals surface area contributed by atoms with Gasteiger partial charge in [-0.05, 0) is 24.8 Å². The molecular weight excluding hydrogens is 260 g/mol. The van der Waals surface area contributed by atoms with Crippen LogP contribution < -0.4 is 5.32 Å². The number of amides is 1. The minimum absolute atomic E-state index is 0.0721. The third kappa shape index (κ3) is 3.38. The summed E-state index contributed by atoms with van der Waals surface area (Å²) in [6, 6.07) is 7.62. The van der Waals surface area contributed by atoms with E-state index in [2.05, 4.69) is 17.4 Å². The Morgan fingerprint density at radius 2 is 2.21 bits per heavy atom. The van der Waals surface area contributed by atoms with E-state index in [1.54, 1.807) is 18.0 Å². The first kappa shape index (κ1) is 13.7. The van der Waals surface area contributed by atoms with Gasteiger partial charge in [-0.3, -0.25) is 4.79 Å². The van der Waals surface area contributed by atoms with Gasteiger partial charge in [-0.15, -0.1) is 11.8 Å². The highest BCUT2D eigenvalue weighted by Gasteiger charge is 2.11. The van der Waals surface area contributed by atoms with Crippen LogP contribution in [0.5, 0.6) is 0 Å². The molecule has 100 valence electrons. The molecule has 5 heteroatoms. The van der Waals surface area contributed by atoms with Gasteiger partial charge in [-0.25, -0.2) is 0 Å². The predicted octanol–water partition coefficient (Wildman–Crippen LogP) is 3.03. The summed E-state index contributed by atoms with van der Waals surface area (Å²) < 4.78 is 4.96. The standard InChI is InChI=1S/C14H16N2O2S/c1-3-19-13-7-5-4-6-12(13)14(17)15-8-11-9-16-18-10(11)2/h4-7,9H,3,8H2,1-2H3,(H,15,17). The molecule has 0 bridgehead atoms. The van der Waals surface area contributed by atoms with E-state index < -0.39 is 0 Å². The zero-order valence-electron chi connectivity index (χ0n) is 11.0. The average Bonchev–Trinajstić information content (AvgIpc) is 2.82. The maximum Gasteiger partial charge on any atom is 0.252 e. The number of rotatable bonds is 5. The van der Waals surface area contributed by atoms with Crippen LogP contribution in [0.25, 0.3) is 0 Å². The Hall–Kier alpha value is -1.75. The van der Waals surface area contributed by atoms with Crippen molar-refractivity contribution in [2.24, 2.45) is 0 Å². The molecule has 2 rings (SSSR count). The summed E-state index contributed by atoms with van der Waals surface area (Å²) in [6.07, 6.45) is 1.63. The number of carbonyl (C=O) groups excluding carboxylic acids is 1. The molecule has 0 unspecified atom stereocenters. The average molecular weight is 276 g/mol. The van der Waals surface area contributed by atoms with Crippen molar-refractivity contribution in [3.63, 3.8) is 0 Å². The molecule has 1 amide bonds. The smallest absolute Gasteiger partial charge is 0.252 e. The molecule has 1 N–H and O–H groups in total. The fourth-order valence-corrected chi connectivity index (χ4v) is 2.50. The van der Waals surface area contributed by atoms with Crippen molar-refractivity contribution in [2.75, 3.05) is 5.75 Å². The summed E-state index contributed by atoms with van der Waals surface area (Å²) in [7, 11) is 0. The maximum absolute atomic E-state index is 12.2. The molecule has 0 aliphatic carbocycles. The van der Waals surface area contributed by atoms with E-state index in [1.165, 1.54) is 0 Å². The molecule has 1 aromatic carbocycles. The van der Waals surface area contributed by atoms with Crippen LogP contribution in [0, 0.1) is 6.92 Å². The first-order valence-electron chi connectivity index (χ1n) is 6.12. The number of benzene rings is 1. The van der Waals surface area contributed by atoms with Crippen LogP contribution in [0.15, 0.2) is 39.9 Å². The van der Waals surface area contributed by atoms with Crippen molar-refractivity contribution in [2.45, 2.75) is 25.3 Å². The number of thioether (sulfide) groups is 1. The first-order chi connectivity index (χ1) is 9.22. The zero-order chi connectivity index (χ0) is 13.7. The van der Waals surface area contributed by atoms with Crippen LogP contribution in [0.2, 0.25) is 0 Å². The highest BCUT2D eigenvalue weighted by molar-refractivity contribution is 7.99. The summed E-state index contributed by atoms with van der Waals surface area (Å²) in [5, 5.41) is 6.58. The van der Waals surface area contributed by atoms with E-state index in [0.29, 0.717) is 12.1 Å². The van der Waals surface area contributed by atoms with Crippen molar-refractivity contribution < 1.29 is 9.32 Å². The lowest BCUT2D eigenvalue weighted by Crippen LogP contribution is -2.23. The van der Waals surface area contributed by atoms with Crippen LogP contribution in [0.3, 0.4) is 0 Å². The highest BCUT2D eigenvalue weighted by atomic mass is 32.2. The van der Waals surface area contributed by atoms with Crippen molar-refractivity contribution in [3.8, 4) is 0 Å². The molecule has 0 atom stereocenters. The Balaban J connectivity index is 2.06. The number of nitrogens with zero attached hydrogens (tertiary/aromatic N) is 1. The third-order valence-corrected chi connectivity index (χ3v) is 3.68. The van der Waals surface area contributed by atoms with Crippen LogP contribution in [-0.2, 0) is 6.54 Å². The summed E-state index contributed by atoms with van der Waals surface area (Å²) in [5.74, 6) is 1.60. The molecular formula is C14H16N2O2S. The van der Waals surface area contributed by atoms with Gasteiger partial charge in [-0.1, -0.05) is 24.2 Å². The van der Waals surface area contributed by atoms with Crippen molar-refractivity contribution in [1.82, 2.24) is 10.5 Å². The quantitative estimate of drug-likeness (QED) is 0.853. The second-order valence-electron chi connectivity index (χ2n) is 4.02. The van der Waals surface area contributed by atoms with Gasteiger partial charge in [0.1, 0.15) is 5.76 Å². The Morgan fingerprint density at radius 3 is 2.89 bits per heavy atom.